The molecule has 0 atom stereocenters. The van der Waals surface area contributed by atoms with E-state index in [-0.39, 0.29) is 18.1 Å². The molecule has 0 bridgehead atoms. The van der Waals surface area contributed by atoms with Gasteiger partial charge in [0.25, 0.3) is 0 Å². The van der Waals surface area contributed by atoms with Gasteiger partial charge in [-0.15, -0.1) is 0 Å². The van der Waals surface area contributed by atoms with E-state index in [2.05, 4.69) is 25.5 Å². The van der Waals surface area contributed by atoms with Crippen LogP contribution >= 0.6 is 0 Å². The summed E-state index contributed by atoms with van der Waals surface area (Å²) >= 11 is 0. The molecule has 7 heteroatoms. The number of pyridine rings is 2. The van der Waals surface area contributed by atoms with Crippen molar-refractivity contribution in [1.29, 1.82) is 0 Å². The minimum Gasteiger partial charge on any atom is -0.324 e. The fourth-order valence-corrected chi connectivity index (χ4v) is 3.14. The summed E-state index contributed by atoms with van der Waals surface area (Å²) in [5.41, 5.74) is 5.33. The smallest absolute Gasteiger partial charge is 0.228 e. The van der Waals surface area contributed by atoms with Gasteiger partial charge in [-0.2, -0.15) is 10.2 Å². The molecule has 6 nitrogen and oxygen atoms in total. The van der Waals surface area contributed by atoms with Crippen molar-refractivity contribution in [2.45, 2.75) is 13.3 Å². The zero-order valence-electron chi connectivity index (χ0n) is 16.2. The summed E-state index contributed by atoms with van der Waals surface area (Å²) in [5.74, 6) is -0.489. The second kappa shape index (κ2) is 8.57. The predicted molar refractivity (Wildman–Crippen MR) is 112 cm³/mol. The molecule has 0 spiro atoms. The summed E-state index contributed by atoms with van der Waals surface area (Å²) in [4.78, 5) is 21.2. The fourth-order valence-electron chi connectivity index (χ4n) is 3.14. The number of aryl methyl sites for hydroxylation is 1. The topological polar surface area (TPSA) is 80.7 Å². The molecule has 3 aromatic heterocycles. The molecule has 4 rings (SSSR count). The van der Waals surface area contributed by atoms with E-state index in [0.717, 1.165) is 22.4 Å². The molecule has 1 N–H and O–H groups in total. The van der Waals surface area contributed by atoms with Crippen LogP contribution in [0.15, 0.2) is 73.3 Å². The number of nitrogens with zero attached hydrogens (tertiary/aromatic N) is 4. The van der Waals surface area contributed by atoms with Gasteiger partial charge in [0, 0.05) is 17.3 Å². The van der Waals surface area contributed by atoms with Crippen LogP contribution in [-0.2, 0) is 11.2 Å². The van der Waals surface area contributed by atoms with Crippen LogP contribution in [-0.4, -0.2) is 26.1 Å². The Morgan fingerprint density at radius 1 is 0.967 bits per heavy atom. The van der Waals surface area contributed by atoms with Gasteiger partial charge in [-0.05, 0) is 48.4 Å². The van der Waals surface area contributed by atoms with E-state index in [1.54, 1.807) is 49.1 Å². The Labute approximate surface area is 172 Å². The normalized spacial score (nSPS) is 10.6. The molecule has 4 aromatic rings. The first-order chi connectivity index (χ1) is 14.6. The molecular weight excluding hydrogens is 381 g/mol. The maximum atomic E-state index is 13.4. The summed E-state index contributed by atoms with van der Waals surface area (Å²) in [7, 11) is 0. The summed E-state index contributed by atoms with van der Waals surface area (Å²) in [6.07, 6.45) is 6.71. The number of amides is 1. The number of carbonyl (C=O) groups is 1. The van der Waals surface area contributed by atoms with Gasteiger partial charge in [-0.25, -0.2) is 4.39 Å². The molecule has 0 unspecified atom stereocenters. The van der Waals surface area contributed by atoms with Gasteiger partial charge < -0.3 is 5.32 Å². The maximum absolute atomic E-state index is 13.4. The van der Waals surface area contributed by atoms with E-state index in [0.29, 0.717) is 16.9 Å². The first-order valence-corrected chi connectivity index (χ1v) is 9.33. The number of rotatable bonds is 5. The Morgan fingerprint density at radius 3 is 2.57 bits per heavy atom. The molecule has 0 saturated carbocycles. The zero-order valence-corrected chi connectivity index (χ0v) is 16.2. The van der Waals surface area contributed by atoms with Gasteiger partial charge in [0.1, 0.15) is 5.82 Å². The molecule has 0 radical (unpaired) electrons. The first-order valence-electron chi connectivity index (χ1n) is 9.33. The lowest BCUT2D eigenvalue weighted by Crippen LogP contribution is -2.15. The molecule has 30 heavy (non-hydrogen) atoms. The fraction of sp³-hybridized carbons (Fsp3) is 0.0870. The number of anilines is 1. The summed E-state index contributed by atoms with van der Waals surface area (Å²) in [6.45, 7) is 1.94. The van der Waals surface area contributed by atoms with Crippen molar-refractivity contribution in [3.05, 3.63) is 90.3 Å². The van der Waals surface area contributed by atoms with Gasteiger partial charge in [0.2, 0.25) is 5.91 Å². The monoisotopic (exact) mass is 399 g/mol. The van der Waals surface area contributed by atoms with E-state index in [1.165, 1.54) is 12.1 Å². The van der Waals surface area contributed by atoms with Crippen LogP contribution in [0, 0.1) is 12.7 Å². The molecule has 0 fully saturated rings. The van der Waals surface area contributed by atoms with Crippen molar-refractivity contribution >= 4 is 11.6 Å². The van der Waals surface area contributed by atoms with Gasteiger partial charge in [-0.3, -0.25) is 14.8 Å². The highest BCUT2D eigenvalue weighted by Crippen LogP contribution is 2.21. The SMILES string of the molecule is Cc1cc(CC(=O)Nc2ccc(-c3cccc(F)c3)nc2)cnc1-c1ccnnc1. The van der Waals surface area contributed by atoms with Crippen LogP contribution in [0.1, 0.15) is 11.1 Å². The molecule has 1 amide bonds. The highest BCUT2D eigenvalue weighted by atomic mass is 19.1. The van der Waals surface area contributed by atoms with E-state index in [1.807, 2.05) is 19.1 Å². The number of carbonyl (C=O) groups excluding carboxylic acids is 1. The third kappa shape index (κ3) is 4.52. The highest BCUT2D eigenvalue weighted by Gasteiger charge is 2.09. The summed E-state index contributed by atoms with van der Waals surface area (Å²) < 4.78 is 13.4. The third-order valence-electron chi connectivity index (χ3n) is 4.52. The molecule has 0 aliphatic heterocycles. The number of aromatic nitrogens is 4. The highest BCUT2D eigenvalue weighted by molar-refractivity contribution is 5.92. The lowest BCUT2D eigenvalue weighted by atomic mass is 10.1. The molecular formula is C23H18FN5O. The van der Waals surface area contributed by atoms with Crippen molar-refractivity contribution in [3.8, 4) is 22.5 Å². The van der Waals surface area contributed by atoms with Crippen molar-refractivity contribution < 1.29 is 9.18 Å². The number of nitrogens with one attached hydrogen (secondary N) is 1. The second-order valence-electron chi connectivity index (χ2n) is 6.81. The number of halogens is 1. The van der Waals surface area contributed by atoms with Crippen LogP contribution < -0.4 is 5.32 Å². The molecule has 0 saturated heterocycles. The predicted octanol–water partition coefficient (Wildman–Crippen LogP) is 4.23. The Kier molecular flexibility index (Phi) is 5.52. The summed E-state index contributed by atoms with van der Waals surface area (Å²) in [6, 6.07) is 13.5. The van der Waals surface area contributed by atoms with Crippen molar-refractivity contribution in [2.75, 3.05) is 5.32 Å². The van der Waals surface area contributed by atoms with Gasteiger partial charge in [0.05, 0.1) is 42.1 Å². The molecule has 0 aliphatic carbocycles. The van der Waals surface area contributed by atoms with Gasteiger partial charge in [0.15, 0.2) is 0 Å². The van der Waals surface area contributed by atoms with Crippen molar-refractivity contribution in [2.24, 2.45) is 0 Å². The second-order valence-corrected chi connectivity index (χ2v) is 6.81. The Balaban J connectivity index is 1.42. The average Bonchev–Trinajstić information content (AvgIpc) is 2.75. The molecule has 148 valence electrons. The minimum absolute atomic E-state index is 0.171. The van der Waals surface area contributed by atoms with Crippen LogP contribution in [0.2, 0.25) is 0 Å². The van der Waals surface area contributed by atoms with E-state index in [4.69, 9.17) is 0 Å². The largest absolute Gasteiger partial charge is 0.324 e. The number of hydrogen-bond acceptors (Lipinski definition) is 5. The van der Waals surface area contributed by atoms with E-state index >= 15 is 0 Å². The molecule has 3 heterocycles. The van der Waals surface area contributed by atoms with Crippen LogP contribution in [0.5, 0.6) is 0 Å². The lowest BCUT2D eigenvalue weighted by Gasteiger charge is -2.09. The third-order valence-corrected chi connectivity index (χ3v) is 4.52. The van der Waals surface area contributed by atoms with Crippen LogP contribution in [0.4, 0.5) is 10.1 Å². The Hall–Kier alpha value is -4.00. The standard InChI is InChI=1S/C23H18FN5O/c1-15-9-16(12-26-23(15)18-7-8-27-28-13-18)10-22(30)29-20-5-6-21(25-14-20)17-3-2-4-19(24)11-17/h2-9,11-14H,10H2,1H3,(H,29,30). The zero-order chi connectivity index (χ0) is 20.9. The Bertz CT molecular complexity index is 1180. The van der Waals surface area contributed by atoms with E-state index in [9.17, 15) is 9.18 Å². The summed E-state index contributed by atoms with van der Waals surface area (Å²) in [5, 5.41) is 10.5. The van der Waals surface area contributed by atoms with Gasteiger partial charge >= 0.3 is 0 Å². The van der Waals surface area contributed by atoms with Crippen LogP contribution in [0.25, 0.3) is 22.5 Å². The van der Waals surface area contributed by atoms with Crippen LogP contribution in [0.3, 0.4) is 0 Å². The lowest BCUT2D eigenvalue weighted by molar-refractivity contribution is -0.115. The molecule has 1 aromatic carbocycles. The maximum Gasteiger partial charge on any atom is 0.228 e. The number of hydrogen-bond donors (Lipinski definition) is 1. The minimum atomic E-state index is -0.318. The first kappa shape index (κ1) is 19.3. The Morgan fingerprint density at radius 2 is 1.87 bits per heavy atom. The molecule has 0 aliphatic rings. The van der Waals surface area contributed by atoms with Crippen molar-refractivity contribution in [1.82, 2.24) is 20.2 Å². The van der Waals surface area contributed by atoms with E-state index < -0.39 is 0 Å². The quantitative estimate of drug-likeness (QED) is 0.543. The van der Waals surface area contributed by atoms with Gasteiger partial charge in [-0.1, -0.05) is 18.2 Å². The number of benzene rings is 1. The average molecular weight is 399 g/mol. The van der Waals surface area contributed by atoms with Crippen molar-refractivity contribution in [3.63, 3.8) is 0 Å².